The molecule has 0 saturated heterocycles. The lowest BCUT2D eigenvalue weighted by Crippen LogP contribution is -2.22. The van der Waals surface area contributed by atoms with Gasteiger partial charge in [0.15, 0.2) is 0 Å². The Morgan fingerprint density at radius 2 is 1.46 bits per heavy atom. The van der Waals surface area contributed by atoms with Gasteiger partial charge in [-0.2, -0.15) is 0 Å². The summed E-state index contributed by atoms with van der Waals surface area (Å²) >= 11 is 0. The van der Waals surface area contributed by atoms with Crippen molar-refractivity contribution in [3.8, 4) is 0 Å². The first-order valence-corrected chi connectivity index (χ1v) is 7.31. The van der Waals surface area contributed by atoms with Crippen molar-refractivity contribution in [1.82, 2.24) is 0 Å². The molecule has 122 valence electrons. The number of hydrogen-bond acceptors (Lipinski definition) is 4. The molecule has 2 rings (SSSR count). The summed E-state index contributed by atoms with van der Waals surface area (Å²) < 4.78 is 5.66. The molecule has 0 heterocycles. The van der Waals surface area contributed by atoms with Gasteiger partial charge in [-0.15, -0.1) is 0 Å². The van der Waals surface area contributed by atoms with Gasteiger partial charge in [0.1, 0.15) is 0 Å². The second-order valence-corrected chi connectivity index (χ2v) is 5.04. The van der Waals surface area contributed by atoms with Crippen molar-refractivity contribution in [2.24, 2.45) is 10.2 Å². The van der Waals surface area contributed by atoms with E-state index in [-0.39, 0.29) is 0 Å². The van der Waals surface area contributed by atoms with Crippen LogP contribution in [0, 0.1) is 0 Å². The van der Waals surface area contributed by atoms with E-state index in [9.17, 15) is 0 Å². The second kappa shape index (κ2) is 9.07. The normalized spacial score (nSPS) is 9.71. The fourth-order valence-corrected chi connectivity index (χ4v) is 2.06. The predicted molar refractivity (Wildman–Crippen MR) is 93.4 cm³/mol. The summed E-state index contributed by atoms with van der Waals surface area (Å²) in [6.45, 7) is 1.81. The van der Waals surface area contributed by atoms with Crippen LogP contribution in [0.15, 0.2) is 58.8 Å². The Hall–Kier alpha value is -3.18. The summed E-state index contributed by atoms with van der Waals surface area (Å²) in [7, 11) is 1.97. The molecule has 0 N–H and O–H groups in total. The first-order chi connectivity index (χ1) is 11.7. The van der Waals surface area contributed by atoms with E-state index in [1.165, 1.54) is 0 Å². The van der Waals surface area contributed by atoms with Gasteiger partial charge in [-0.05, 0) is 28.8 Å². The number of hydrogen-bond donors (Lipinski definition) is 0. The average molecular weight is 323 g/mol. The van der Waals surface area contributed by atoms with E-state index in [1.807, 2.05) is 31.3 Å². The molecule has 8 heteroatoms. The molecular formula is C16H17N7O. The van der Waals surface area contributed by atoms with Crippen LogP contribution in [0.25, 0.3) is 20.9 Å². The highest BCUT2D eigenvalue weighted by Crippen LogP contribution is 2.19. The maximum atomic E-state index is 8.39. The molecule has 0 aliphatic carbocycles. The highest BCUT2D eigenvalue weighted by Gasteiger charge is 2.01. The Kier molecular flexibility index (Phi) is 6.49. The van der Waals surface area contributed by atoms with Crippen LogP contribution in [0.4, 0.5) is 17.1 Å². The van der Waals surface area contributed by atoms with Crippen molar-refractivity contribution in [2.75, 3.05) is 25.1 Å². The number of nitrogens with zero attached hydrogens (tertiary/aromatic N) is 7. The van der Waals surface area contributed by atoms with Crippen molar-refractivity contribution < 1.29 is 4.74 Å². The molecule has 0 amide bonds. The van der Waals surface area contributed by atoms with Gasteiger partial charge >= 0.3 is 0 Å². The van der Waals surface area contributed by atoms with Crippen LogP contribution >= 0.6 is 0 Å². The second-order valence-electron chi connectivity index (χ2n) is 5.04. The van der Waals surface area contributed by atoms with Crippen LogP contribution in [0.1, 0.15) is 5.56 Å². The number of ether oxygens (including phenoxy) is 1. The first kappa shape index (κ1) is 17.2. The zero-order valence-electron chi connectivity index (χ0n) is 13.3. The van der Waals surface area contributed by atoms with Gasteiger partial charge in [0, 0.05) is 40.5 Å². The van der Waals surface area contributed by atoms with Crippen molar-refractivity contribution in [3.63, 3.8) is 0 Å². The average Bonchev–Trinajstić information content (AvgIpc) is 2.61. The maximum Gasteiger partial charge on any atom is 0.0717 e. The van der Waals surface area contributed by atoms with Crippen molar-refractivity contribution >= 4 is 17.1 Å². The lowest BCUT2D eigenvalue weighted by molar-refractivity contribution is 0.127. The van der Waals surface area contributed by atoms with E-state index in [2.05, 4.69) is 25.0 Å². The summed E-state index contributed by atoms with van der Waals surface area (Å²) in [5.74, 6) is 0. The van der Waals surface area contributed by atoms with Crippen LogP contribution in [0.2, 0.25) is 0 Å². The van der Waals surface area contributed by atoms with Gasteiger partial charge in [-0.3, -0.25) is 0 Å². The minimum Gasteiger partial charge on any atom is -0.375 e. The Bertz CT molecular complexity index is 745. The number of likely N-dealkylation sites (N-methyl/N-ethyl adjacent to an activating group) is 1. The summed E-state index contributed by atoms with van der Waals surface area (Å²) in [5, 5.41) is 7.07. The van der Waals surface area contributed by atoms with Crippen LogP contribution in [0.5, 0.6) is 0 Å². The van der Waals surface area contributed by atoms with Crippen molar-refractivity contribution in [1.29, 1.82) is 0 Å². The monoisotopic (exact) mass is 323 g/mol. The van der Waals surface area contributed by atoms with Crippen LogP contribution in [-0.4, -0.2) is 20.2 Å². The maximum absolute atomic E-state index is 8.39. The quantitative estimate of drug-likeness (QED) is 0.287. The zero-order chi connectivity index (χ0) is 17.2. The van der Waals surface area contributed by atoms with E-state index in [1.54, 1.807) is 24.3 Å². The molecule has 0 radical (unpaired) electrons. The molecule has 8 nitrogen and oxygen atoms in total. The summed E-state index contributed by atoms with van der Waals surface area (Å²) in [6, 6.07) is 14.6. The van der Waals surface area contributed by atoms with Gasteiger partial charge in [0.25, 0.3) is 0 Å². The SMILES string of the molecule is CN(CCOCc1ccc(N=[N+]=[N-])cc1)c1ccc(N=[N+]=[N-])cc1. The van der Waals surface area contributed by atoms with Crippen LogP contribution in [-0.2, 0) is 11.3 Å². The lowest BCUT2D eigenvalue weighted by Gasteiger charge is -2.19. The van der Waals surface area contributed by atoms with Crippen LogP contribution in [0.3, 0.4) is 0 Å². The molecule has 0 spiro atoms. The summed E-state index contributed by atoms with van der Waals surface area (Å²) in [4.78, 5) is 7.55. The molecule has 0 aromatic heterocycles. The van der Waals surface area contributed by atoms with E-state index < -0.39 is 0 Å². The molecule has 2 aromatic rings. The largest absolute Gasteiger partial charge is 0.375 e. The Morgan fingerprint density at radius 3 is 2.00 bits per heavy atom. The smallest absolute Gasteiger partial charge is 0.0717 e. The molecule has 0 aliphatic heterocycles. The van der Waals surface area contributed by atoms with Gasteiger partial charge in [-0.25, -0.2) is 0 Å². The Labute approximate surface area is 139 Å². The lowest BCUT2D eigenvalue weighted by atomic mass is 10.2. The molecule has 24 heavy (non-hydrogen) atoms. The van der Waals surface area contributed by atoms with Crippen molar-refractivity contribution in [3.05, 3.63) is 75.0 Å². The first-order valence-electron chi connectivity index (χ1n) is 7.31. The van der Waals surface area contributed by atoms with Crippen molar-refractivity contribution in [2.45, 2.75) is 6.61 Å². The van der Waals surface area contributed by atoms with Gasteiger partial charge < -0.3 is 9.64 Å². The topological polar surface area (TPSA) is 110 Å². The minimum absolute atomic E-state index is 0.500. The van der Waals surface area contributed by atoms with E-state index in [4.69, 9.17) is 15.8 Å². The molecule has 0 saturated carbocycles. The molecule has 0 bridgehead atoms. The molecule has 2 aromatic carbocycles. The Morgan fingerprint density at radius 1 is 0.917 bits per heavy atom. The van der Waals surface area contributed by atoms with E-state index in [0.29, 0.717) is 24.6 Å². The molecule has 0 aliphatic rings. The van der Waals surface area contributed by atoms with Crippen LogP contribution < -0.4 is 4.90 Å². The van der Waals surface area contributed by atoms with Gasteiger partial charge in [-0.1, -0.05) is 46.6 Å². The third kappa shape index (κ3) is 5.23. The third-order valence-electron chi connectivity index (χ3n) is 3.39. The highest BCUT2D eigenvalue weighted by atomic mass is 16.5. The number of azide groups is 2. The zero-order valence-corrected chi connectivity index (χ0v) is 13.3. The fraction of sp³-hybridized carbons (Fsp3) is 0.250. The standard InChI is InChI=1S/C16H17N7O/c1-23(16-8-6-15(7-9-16)20-22-18)10-11-24-12-13-2-4-14(5-3-13)19-21-17/h2-9H,10-12H2,1H3. The Balaban J connectivity index is 1.76. The predicted octanol–water partition coefficient (Wildman–Crippen LogP) is 5.22. The minimum atomic E-state index is 0.500. The van der Waals surface area contributed by atoms with E-state index in [0.717, 1.165) is 17.8 Å². The number of rotatable bonds is 8. The summed E-state index contributed by atoms with van der Waals surface area (Å²) in [6.07, 6.45) is 0. The molecular weight excluding hydrogens is 306 g/mol. The number of anilines is 1. The van der Waals surface area contributed by atoms with E-state index >= 15 is 0 Å². The molecule has 0 unspecified atom stereocenters. The fourth-order valence-electron chi connectivity index (χ4n) is 2.06. The van der Waals surface area contributed by atoms with Gasteiger partial charge in [0.2, 0.25) is 0 Å². The number of benzene rings is 2. The van der Waals surface area contributed by atoms with Gasteiger partial charge in [0.05, 0.1) is 13.2 Å². The highest BCUT2D eigenvalue weighted by molar-refractivity contribution is 5.52. The summed E-state index contributed by atoms with van der Waals surface area (Å²) in [5.41, 5.74) is 20.0. The molecule has 0 fully saturated rings. The third-order valence-corrected chi connectivity index (χ3v) is 3.39. The molecule has 0 atom stereocenters.